The van der Waals surface area contributed by atoms with Gasteiger partial charge in [-0.05, 0) is 58.2 Å². The number of hydrogen-bond donors (Lipinski definition) is 1. The summed E-state index contributed by atoms with van der Waals surface area (Å²) in [6.45, 7) is 2.96. The Morgan fingerprint density at radius 3 is 2.33 bits per heavy atom. The van der Waals surface area contributed by atoms with Gasteiger partial charge in [-0.25, -0.2) is 0 Å². The third-order valence-corrected chi connectivity index (χ3v) is 4.07. The van der Waals surface area contributed by atoms with Gasteiger partial charge in [-0.3, -0.25) is 0 Å². The molecule has 0 spiro atoms. The Kier molecular flexibility index (Phi) is 5.65. The predicted octanol–water partition coefficient (Wildman–Crippen LogP) is 4.32. The second kappa shape index (κ2) is 7.48. The Morgan fingerprint density at radius 2 is 1.76 bits per heavy atom. The highest BCUT2D eigenvalue weighted by molar-refractivity contribution is 9.10. The average molecular weight is 350 g/mol. The zero-order valence-electron chi connectivity index (χ0n) is 12.5. The van der Waals surface area contributed by atoms with E-state index in [4.69, 9.17) is 9.47 Å². The van der Waals surface area contributed by atoms with Gasteiger partial charge < -0.3 is 14.8 Å². The molecular formula is C17H20BrNO2. The summed E-state index contributed by atoms with van der Waals surface area (Å²) >= 11 is 3.52. The van der Waals surface area contributed by atoms with Gasteiger partial charge in [-0.1, -0.05) is 18.2 Å². The molecule has 0 aromatic heterocycles. The summed E-state index contributed by atoms with van der Waals surface area (Å²) in [5, 5.41) is 3.51. The van der Waals surface area contributed by atoms with E-state index in [1.807, 2.05) is 18.2 Å². The maximum atomic E-state index is 5.25. The largest absolute Gasteiger partial charge is 0.497 e. The highest BCUT2D eigenvalue weighted by Gasteiger charge is 2.08. The molecule has 0 aliphatic rings. The molecule has 1 N–H and O–H groups in total. The summed E-state index contributed by atoms with van der Waals surface area (Å²) in [4.78, 5) is 0. The first-order valence-electron chi connectivity index (χ1n) is 6.83. The van der Waals surface area contributed by atoms with Gasteiger partial charge >= 0.3 is 0 Å². The van der Waals surface area contributed by atoms with E-state index in [1.54, 1.807) is 14.2 Å². The summed E-state index contributed by atoms with van der Waals surface area (Å²) < 4.78 is 11.4. The molecule has 0 amide bonds. The number of rotatable bonds is 6. The van der Waals surface area contributed by atoms with Gasteiger partial charge in [0.2, 0.25) is 0 Å². The van der Waals surface area contributed by atoms with E-state index in [1.165, 1.54) is 11.1 Å². The maximum Gasteiger partial charge on any atom is 0.133 e. The van der Waals surface area contributed by atoms with Crippen molar-refractivity contribution in [1.29, 1.82) is 0 Å². The molecule has 0 heterocycles. The Morgan fingerprint density at radius 1 is 1.05 bits per heavy atom. The van der Waals surface area contributed by atoms with Crippen LogP contribution >= 0.6 is 15.9 Å². The first-order chi connectivity index (χ1) is 10.1. The lowest BCUT2D eigenvalue weighted by Gasteiger charge is -2.16. The normalized spacial score (nSPS) is 12.0. The van der Waals surface area contributed by atoms with Gasteiger partial charge in [-0.2, -0.15) is 0 Å². The minimum absolute atomic E-state index is 0.259. The molecule has 0 aliphatic heterocycles. The topological polar surface area (TPSA) is 30.5 Å². The van der Waals surface area contributed by atoms with E-state index in [9.17, 15) is 0 Å². The van der Waals surface area contributed by atoms with Gasteiger partial charge in [-0.15, -0.1) is 0 Å². The van der Waals surface area contributed by atoms with Crippen molar-refractivity contribution in [2.45, 2.75) is 19.5 Å². The average Bonchev–Trinajstić information content (AvgIpc) is 2.53. The van der Waals surface area contributed by atoms with Crippen LogP contribution in [0.5, 0.6) is 11.5 Å². The van der Waals surface area contributed by atoms with Crippen LogP contribution in [0.1, 0.15) is 24.1 Å². The monoisotopic (exact) mass is 349 g/mol. The molecule has 0 radical (unpaired) electrons. The van der Waals surface area contributed by atoms with Crippen LogP contribution in [0.15, 0.2) is 46.9 Å². The van der Waals surface area contributed by atoms with E-state index >= 15 is 0 Å². The molecular weight excluding hydrogens is 330 g/mol. The lowest BCUT2D eigenvalue weighted by atomic mass is 10.1. The number of ether oxygens (including phenoxy) is 2. The fraction of sp³-hybridized carbons (Fsp3) is 0.294. The van der Waals surface area contributed by atoms with Crippen LogP contribution in [0.4, 0.5) is 0 Å². The van der Waals surface area contributed by atoms with Crippen LogP contribution in [0.3, 0.4) is 0 Å². The summed E-state index contributed by atoms with van der Waals surface area (Å²) in [5.74, 6) is 1.73. The minimum Gasteiger partial charge on any atom is -0.497 e. The number of benzene rings is 2. The molecule has 0 saturated heterocycles. The van der Waals surface area contributed by atoms with Crippen LogP contribution in [0, 0.1) is 0 Å². The molecule has 0 aliphatic carbocycles. The third-order valence-electron chi connectivity index (χ3n) is 3.45. The molecule has 1 unspecified atom stereocenters. The van der Waals surface area contributed by atoms with Crippen LogP contribution in [0.25, 0.3) is 0 Å². The van der Waals surface area contributed by atoms with Crippen molar-refractivity contribution < 1.29 is 9.47 Å². The molecule has 1 atom stereocenters. The molecule has 0 saturated carbocycles. The van der Waals surface area contributed by atoms with Gasteiger partial charge in [0.25, 0.3) is 0 Å². The predicted molar refractivity (Wildman–Crippen MR) is 88.9 cm³/mol. The third kappa shape index (κ3) is 4.22. The second-order valence-electron chi connectivity index (χ2n) is 4.84. The lowest BCUT2D eigenvalue weighted by Crippen LogP contribution is -2.18. The summed E-state index contributed by atoms with van der Waals surface area (Å²) in [6.07, 6.45) is 0. The second-order valence-corrected chi connectivity index (χ2v) is 5.70. The fourth-order valence-electron chi connectivity index (χ4n) is 2.08. The van der Waals surface area contributed by atoms with Crippen molar-refractivity contribution >= 4 is 15.9 Å². The number of nitrogens with one attached hydrogen (secondary N) is 1. The maximum absolute atomic E-state index is 5.25. The van der Waals surface area contributed by atoms with Crippen LogP contribution in [0.2, 0.25) is 0 Å². The Labute approximate surface area is 134 Å². The van der Waals surface area contributed by atoms with Gasteiger partial charge in [0.1, 0.15) is 11.5 Å². The van der Waals surface area contributed by atoms with E-state index < -0.39 is 0 Å². The van der Waals surface area contributed by atoms with Gasteiger partial charge in [0, 0.05) is 12.6 Å². The molecule has 0 fully saturated rings. The molecule has 2 rings (SSSR count). The zero-order valence-corrected chi connectivity index (χ0v) is 14.1. The van der Waals surface area contributed by atoms with Crippen molar-refractivity contribution in [2.24, 2.45) is 0 Å². The van der Waals surface area contributed by atoms with E-state index in [-0.39, 0.29) is 6.04 Å². The van der Waals surface area contributed by atoms with Crippen molar-refractivity contribution in [3.8, 4) is 11.5 Å². The SMILES string of the molecule is COc1ccc(CNC(C)c2ccc(OC)c(Br)c2)cc1. The summed E-state index contributed by atoms with van der Waals surface area (Å²) in [7, 11) is 3.35. The van der Waals surface area contributed by atoms with Crippen molar-refractivity contribution in [1.82, 2.24) is 5.32 Å². The Balaban J connectivity index is 1.97. The highest BCUT2D eigenvalue weighted by atomic mass is 79.9. The Hall–Kier alpha value is -1.52. The molecule has 0 bridgehead atoms. The minimum atomic E-state index is 0.259. The fourth-order valence-corrected chi connectivity index (χ4v) is 2.64. The molecule has 4 heteroatoms. The Bertz CT molecular complexity index is 584. The molecule has 112 valence electrons. The number of hydrogen-bond acceptors (Lipinski definition) is 3. The smallest absolute Gasteiger partial charge is 0.133 e. The lowest BCUT2D eigenvalue weighted by molar-refractivity contribution is 0.411. The van der Waals surface area contributed by atoms with E-state index in [0.717, 1.165) is 22.5 Å². The molecule has 21 heavy (non-hydrogen) atoms. The summed E-state index contributed by atoms with van der Waals surface area (Å²) in [5.41, 5.74) is 2.45. The van der Waals surface area contributed by atoms with Gasteiger partial charge in [0.05, 0.1) is 18.7 Å². The van der Waals surface area contributed by atoms with E-state index in [2.05, 4.69) is 52.4 Å². The molecule has 2 aromatic carbocycles. The van der Waals surface area contributed by atoms with Crippen LogP contribution in [-0.4, -0.2) is 14.2 Å². The number of methoxy groups -OCH3 is 2. The first-order valence-corrected chi connectivity index (χ1v) is 7.63. The molecule has 3 nitrogen and oxygen atoms in total. The van der Waals surface area contributed by atoms with Crippen molar-refractivity contribution in [2.75, 3.05) is 14.2 Å². The number of halogens is 1. The quantitative estimate of drug-likeness (QED) is 0.842. The zero-order chi connectivity index (χ0) is 15.2. The summed E-state index contributed by atoms with van der Waals surface area (Å²) in [6, 6.07) is 14.5. The van der Waals surface area contributed by atoms with Crippen LogP contribution < -0.4 is 14.8 Å². The van der Waals surface area contributed by atoms with Gasteiger partial charge in [0.15, 0.2) is 0 Å². The first kappa shape index (κ1) is 15.9. The van der Waals surface area contributed by atoms with Crippen molar-refractivity contribution in [3.05, 3.63) is 58.1 Å². The highest BCUT2D eigenvalue weighted by Crippen LogP contribution is 2.28. The van der Waals surface area contributed by atoms with Crippen molar-refractivity contribution in [3.63, 3.8) is 0 Å². The van der Waals surface area contributed by atoms with E-state index in [0.29, 0.717) is 0 Å². The molecule has 2 aromatic rings. The standard InChI is InChI=1S/C17H20BrNO2/c1-12(14-6-9-17(21-3)16(18)10-14)19-11-13-4-7-15(20-2)8-5-13/h4-10,12,19H,11H2,1-3H3. The van der Waals surface area contributed by atoms with Crippen LogP contribution in [-0.2, 0) is 6.54 Å².